The second-order valence-electron chi connectivity index (χ2n) is 4.95. The Morgan fingerprint density at radius 1 is 1.22 bits per heavy atom. The minimum Gasteiger partial charge on any atom is -0.496 e. The first-order valence-corrected chi connectivity index (χ1v) is 6.76. The van der Waals surface area contributed by atoms with Crippen LogP contribution in [0.1, 0.15) is 0 Å². The summed E-state index contributed by atoms with van der Waals surface area (Å²) >= 11 is 0. The lowest BCUT2D eigenvalue weighted by Crippen LogP contribution is -2.33. The number of ether oxygens (including phenoxy) is 1. The third-order valence-corrected chi connectivity index (χ3v) is 3.59. The molecule has 2 aromatic carbocycles. The molecule has 1 heterocycles. The number of hydrogen-bond donors (Lipinski definition) is 3. The highest BCUT2D eigenvalue weighted by atomic mass is 19.1. The van der Waals surface area contributed by atoms with Crippen molar-refractivity contribution in [2.24, 2.45) is 0 Å². The van der Waals surface area contributed by atoms with Crippen molar-refractivity contribution in [3.63, 3.8) is 0 Å². The fourth-order valence-corrected chi connectivity index (χ4v) is 2.45. The molecule has 1 aromatic heterocycles. The lowest BCUT2D eigenvalue weighted by atomic mass is 9.78. The van der Waals surface area contributed by atoms with Crippen molar-refractivity contribution in [3.05, 3.63) is 42.3 Å². The Kier molecular flexibility index (Phi) is 3.85. The Bertz CT molecular complexity index is 889. The standard InChI is InChI=1S/C15H13BFN3O3/c1-23-13-5-4-10(16(21)22)15(17)14(13)8-2-3-9-11(18)7-19-20-12(9)6-8/h2-7,21-22H,1H3,(H2,18,20). The maximum absolute atomic E-state index is 14.7. The van der Waals surface area contributed by atoms with Crippen molar-refractivity contribution < 1.29 is 19.2 Å². The quantitative estimate of drug-likeness (QED) is 0.616. The van der Waals surface area contributed by atoms with Crippen LogP contribution in [0, 0.1) is 5.82 Å². The molecule has 0 saturated carbocycles. The first-order chi connectivity index (χ1) is 11.0. The fraction of sp³-hybridized carbons (Fsp3) is 0.0667. The third kappa shape index (κ3) is 2.58. The molecule has 0 radical (unpaired) electrons. The molecule has 0 bridgehead atoms. The van der Waals surface area contributed by atoms with Crippen LogP contribution in [0.5, 0.6) is 5.75 Å². The van der Waals surface area contributed by atoms with Crippen LogP contribution in [0.3, 0.4) is 0 Å². The monoisotopic (exact) mass is 313 g/mol. The molecule has 8 heteroatoms. The number of nitrogens with zero attached hydrogens (tertiary/aromatic N) is 2. The Labute approximate surface area is 131 Å². The molecule has 0 aliphatic rings. The average molecular weight is 313 g/mol. The minimum atomic E-state index is -1.92. The van der Waals surface area contributed by atoms with Crippen LogP contribution < -0.4 is 15.9 Å². The van der Waals surface area contributed by atoms with Crippen molar-refractivity contribution >= 4 is 29.2 Å². The summed E-state index contributed by atoms with van der Waals surface area (Å²) in [6, 6.07) is 7.72. The van der Waals surface area contributed by atoms with Gasteiger partial charge in [-0.15, -0.1) is 0 Å². The largest absolute Gasteiger partial charge is 0.496 e. The molecule has 23 heavy (non-hydrogen) atoms. The van der Waals surface area contributed by atoms with Gasteiger partial charge in [-0.3, -0.25) is 0 Å². The van der Waals surface area contributed by atoms with Crippen molar-refractivity contribution in [3.8, 4) is 16.9 Å². The van der Waals surface area contributed by atoms with Gasteiger partial charge in [0.2, 0.25) is 0 Å². The summed E-state index contributed by atoms with van der Waals surface area (Å²) in [5.74, 6) is -0.501. The van der Waals surface area contributed by atoms with Crippen LogP contribution in [0.25, 0.3) is 22.0 Å². The number of rotatable bonds is 3. The van der Waals surface area contributed by atoms with Gasteiger partial charge in [-0.05, 0) is 23.8 Å². The zero-order valence-corrected chi connectivity index (χ0v) is 12.2. The van der Waals surface area contributed by atoms with Gasteiger partial charge in [0.1, 0.15) is 11.6 Å². The molecule has 116 valence electrons. The van der Waals surface area contributed by atoms with Gasteiger partial charge in [-0.2, -0.15) is 10.2 Å². The van der Waals surface area contributed by atoms with Crippen LogP contribution in [-0.4, -0.2) is 34.5 Å². The van der Waals surface area contributed by atoms with Crippen LogP contribution in [-0.2, 0) is 0 Å². The molecule has 3 aromatic rings. The summed E-state index contributed by atoms with van der Waals surface area (Å²) in [5.41, 5.74) is 7.14. The summed E-state index contributed by atoms with van der Waals surface area (Å²) in [4.78, 5) is 0. The number of fused-ring (bicyclic) bond motifs is 1. The Morgan fingerprint density at radius 3 is 2.70 bits per heavy atom. The lowest BCUT2D eigenvalue weighted by Gasteiger charge is -2.13. The number of nitrogens with two attached hydrogens (primary N) is 1. The van der Waals surface area contributed by atoms with E-state index < -0.39 is 12.9 Å². The Morgan fingerprint density at radius 2 is 2.00 bits per heavy atom. The fourth-order valence-electron chi connectivity index (χ4n) is 2.45. The summed E-state index contributed by atoms with van der Waals surface area (Å²) in [5, 5.41) is 27.0. The SMILES string of the molecule is COc1ccc(B(O)O)c(F)c1-c1ccc2c(N)cnnc2c1. The number of benzene rings is 2. The topological polar surface area (TPSA) is 101 Å². The number of hydrogen-bond acceptors (Lipinski definition) is 6. The molecule has 0 aliphatic heterocycles. The van der Waals surface area contributed by atoms with Crippen molar-refractivity contribution in [2.75, 3.05) is 12.8 Å². The van der Waals surface area contributed by atoms with Gasteiger partial charge >= 0.3 is 7.12 Å². The predicted molar refractivity (Wildman–Crippen MR) is 85.7 cm³/mol. The van der Waals surface area contributed by atoms with E-state index >= 15 is 0 Å². The van der Waals surface area contributed by atoms with Gasteiger partial charge in [-0.25, -0.2) is 4.39 Å². The van der Waals surface area contributed by atoms with E-state index in [4.69, 9.17) is 10.5 Å². The average Bonchev–Trinajstić information content (AvgIpc) is 2.54. The smallest absolute Gasteiger partial charge is 0.491 e. The molecule has 0 unspecified atom stereocenters. The van der Waals surface area contributed by atoms with Gasteiger partial charge in [0.05, 0.1) is 30.1 Å². The van der Waals surface area contributed by atoms with Crippen molar-refractivity contribution in [2.45, 2.75) is 0 Å². The highest BCUT2D eigenvalue weighted by Gasteiger charge is 2.23. The zero-order valence-electron chi connectivity index (χ0n) is 12.2. The minimum absolute atomic E-state index is 0.115. The summed E-state index contributed by atoms with van der Waals surface area (Å²) in [6.45, 7) is 0. The van der Waals surface area contributed by atoms with E-state index in [0.717, 1.165) is 0 Å². The molecule has 0 atom stereocenters. The molecule has 0 saturated heterocycles. The summed E-state index contributed by atoms with van der Waals surface area (Å²) in [7, 11) is -0.512. The number of nitrogen functional groups attached to an aromatic ring is 1. The normalized spacial score (nSPS) is 10.8. The molecular weight excluding hydrogens is 300 g/mol. The zero-order chi connectivity index (χ0) is 16.6. The van der Waals surface area contributed by atoms with Crippen molar-refractivity contribution in [1.29, 1.82) is 0 Å². The molecule has 0 fully saturated rings. The Hall–Kier alpha value is -2.71. The first kappa shape index (κ1) is 15.2. The van der Waals surface area contributed by atoms with Gasteiger partial charge in [0.25, 0.3) is 0 Å². The highest BCUT2D eigenvalue weighted by Crippen LogP contribution is 2.33. The van der Waals surface area contributed by atoms with E-state index in [-0.39, 0.29) is 16.8 Å². The van der Waals surface area contributed by atoms with Gasteiger partial charge in [-0.1, -0.05) is 12.1 Å². The van der Waals surface area contributed by atoms with Crippen LogP contribution >= 0.6 is 0 Å². The van der Waals surface area contributed by atoms with Crippen molar-refractivity contribution in [1.82, 2.24) is 10.2 Å². The van der Waals surface area contributed by atoms with E-state index in [9.17, 15) is 14.4 Å². The van der Waals surface area contributed by atoms with Crippen LogP contribution in [0.15, 0.2) is 36.5 Å². The van der Waals surface area contributed by atoms with Gasteiger partial charge < -0.3 is 20.5 Å². The number of anilines is 1. The molecule has 3 rings (SSSR count). The summed E-state index contributed by atoms with van der Waals surface area (Å²) in [6.07, 6.45) is 1.44. The predicted octanol–water partition coefficient (Wildman–Crippen LogP) is 0.706. The molecule has 4 N–H and O–H groups in total. The van der Waals surface area contributed by atoms with E-state index in [1.807, 2.05) is 0 Å². The molecule has 0 spiro atoms. The number of halogens is 1. The highest BCUT2D eigenvalue weighted by molar-refractivity contribution is 6.58. The first-order valence-electron chi connectivity index (χ1n) is 6.76. The molecule has 0 aliphatic carbocycles. The second-order valence-corrected chi connectivity index (χ2v) is 4.95. The number of methoxy groups -OCH3 is 1. The molecule has 0 amide bonds. The van der Waals surface area contributed by atoms with Crippen LogP contribution in [0.2, 0.25) is 0 Å². The number of aromatic nitrogens is 2. The van der Waals surface area contributed by atoms with E-state index in [1.54, 1.807) is 18.2 Å². The molecular formula is C15H13BFN3O3. The van der Waals surface area contributed by atoms with E-state index in [0.29, 0.717) is 22.2 Å². The van der Waals surface area contributed by atoms with E-state index in [1.165, 1.54) is 25.4 Å². The molecule has 6 nitrogen and oxygen atoms in total. The van der Waals surface area contributed by atoms with Crippen LogP contribution in [0.4, 0.5) is 10.1 Å². The van der Waals surface area contributed by atoms with E-state index in [2.05, 4.69) is 10.2 Å². The van der Waals surface area contributed by atoms with Gasteiger partial charge in [0.15, 0.2) is 0 Å². The summed E-state index contributed by atoms with van der Waals surface area (Å²) < 4.78 is 19.9. The maximum atomic E-state index is 14.7. The third-order valence-electron chi connectivity index (χ3n) is 3.59. The lowest BCUT2D eigenvalue weighted by molar-refractivity contribution is 0.411. The second kappa shape index (κ2) is 5.83. The van der Waals surface area contributed by atoms with Gasteiger partial charge in [0, 0.05) is 10.8 Å². The maximum Gasteiger partial charge on any atom is 0.491 e. The Balaban J connectivity index is 2.27.